The van der Waals surface area contributed by atoms with Gasteiger partial charge in [-0.1, -0.05) is 69.2 Å². The van der Waals surface area contributed by atoms with E-state index in [1.807, 2.05) is 0 Å². The van der Waals surface area contributed by atoms with Crippen LogP contribution in [0.15, 0.2) is 36.4 Å². The normalized spacial score (nSPS) is 10.6. The fourth-order valence-electron chi connectivity index (χ4n) is 2.64. The van der Waals surface area contributed by atoms with Crippen LogP contribution in [0.5, 0.6) is 0 Å². The first-order valence-electron chi connectivity index (χ1n) is 7.83. The van der Waals surface area contributed by atoms with E-state index in [1.165, 1.54) is 61.6 Å². The van der Waals surface area contributed by atoms with Gasteiger partial charge in [0.15, 0.2) is 0 Å². The summed E-state index contributed by atoms with van der Waals surface area (Å²) in [6.45, 7) is 2.26. The molecule has 0 saturated heterocycles. The second-order valence-electron chi connectivity index (χ2n) is 5.56. The molecule has 0 aromatic rings. The summed E-state index contributed by atoms with van der Waals surface area (Å²) >= 11 is 0. The highest BCUT2D eigenvalue weighted by Gasteiger charge is 2.03. The molecule has 0 heteroatoms. The average Bonchev–Trinajstić information content (AvgIpc) is 2.78. The Morgan fingerprint density at radius 2 is 1.45 bits per heavy atom. The number of terminal acetylenes is 1. The standard InChI is InChI=1S/C20H24/c1-3-5-6-7-8-9-10-18-11-13-19-15-17(4-2)16-20(19)14-12-18/h2,11-16H,3,5-10H2,1H3. The smallest absolute Gasteiger partial charge is 0.0254 e. The summed E-state index contributed by atoms with van der Waals surface area (Å²) in [5, 5.41) is 0. The summed E-state index contributed by atoms with van der Waals surface area (Å²) in [5.74, 6) is 2.70. The van der Waals surface area contributed by atoms with Crippen LogP contribution < -0.4 is 0 Å². The molecular formula is C20H24. The van der Waals surface area contributed by atoms with Crippen molar-refractivity contribution in [1.82, 2.24) is 0 Å². The lowest BCUT2D eigenvalue weighted by Crippen LogP contribution is -1.84. The van der Waals surface area contributed by atoms with E-state index in [2.05, 4.69) is 49.2 Å². The molecule has 2 aliphatic carbocycles. The Hall–Kier alpha value is -1.74. The highest BCUT2D eigenvalue weighted by atomic mass is 14.1. The van der Waals surface area contributed by atoms with Crippen molar-refractivity contribution in [3.63, 3.8) is 0 Å². The quantitative estimate of drug-likeness (QED) is 0.446. The third-order valence-corrected chi connectivity index (χ3v) is 3.89. The van der Waals surface area contributed by atoms with E-state index in [0.717, 1.165) is 5.56 Å². The molecule has 0 aromatic carbocycles. The van der Waals surface area contributed by atoms with Crippen molar-refractivity contribution >= 4 is 0 Å². The Balaban J connectivity index is 1.89. The van der Waals surface area contributed by atoms with Crippen LogP contribution in [-0.2, 0) is 6.42 Å². The minimum Gasteiger partial charge on any atom is -0.115 e. The maximum Gasteiger partial charge on any atom is 0.0254 e. The van der Waals surface area contributed by atoms with Crippen LogP contribution >= 0.6 is 0 Å². The van der Waals surface area contributed by atoms with Crippen molar-refractivity contribution in [2.45, 2.75) is 51.9 Å². The van der Waals surface area contributed by atoms with Gasteiger partial charge in [-0.25, -0.2) is 0 Å². The largest absolute Gasteiger partial charge is 0.115 e. The maximum atomic E-state index is 5.44. The summed E-state index contributed by atoms with van der Waals surface area (Å²) in [7, 11) is 0. The molecule has 0 fully saturated rings. The van der Waals surface area contributed by atoms with Crippen LogP contribution in [0.3, 0.4) is 0 Å². The third kappa shape index (κ3) is 4.14. The minimum atomic E-state index is 0.976. The summed E-state index contributed by atoms with van der Waals surface area (Å²) in [4.78, 5) is 0. The zero-order valence-electron chi connectivity index (χ0n) is 12.5. The van der Waals surface area contributed by atoms with Gasteiger partial charge in [0.05, 0.1) is 0 Å². The topological polar surface area (TPSA) is 0 Å². The zero-order valence-corrected chi connectivity index (χ0v) is 12.5. The van der Waals surface area contributed by atoms with Crippen LogP contribution in [0.25, 0.3) is 11.1 Å². The van der Waals surface area contributed by atoms with E-state index in [0.29, 0.717) is 0 Å². The third-order valence-electron chi connectivity index (χ3n) is 3.89. The fraction of sp³-hybridized carbons (Fsp3) is 0.400. The average molecular weight is 264 g/mol. The Bertz CT molecular complexity index is 511. The fourth-order valence-corrected chi connectivity index (χ4v) is 2.64. The summed E-state index contributed by atoms with van der Waals surface area (Å²) in [6.07, 6.45) is 14.8. The van der Waals surface area contributed by atoms with Crippen molar-refractivity contribution in [2.75, 3.05) is 0 Å². The van der Waals surface area contributed by atoms with Crippen molar-refractivity contribution in [2.24, 2.45) is 0 Å². The van der Waals surface area contributed by atoms with E-state index in [-0.39, 0.29) is 0 Å². The second kappa shape index (κ2) is 7.75. The highest BCUT2D eigenvalue weighted by Crippen LogP contribution is 2.25. The molecule has 0 unspecified atom stereocenters. The van der Waals surface area contributed by atoms with Crippen molar-refractivity contribution in [1.29, 1.82) is 0 Å². The van der Waals surface area contributed by atoms with E-state index < -0.39 is 0 Å². The molecule has 0 bridgehead atoms. The van der Waals surface area contributed by atoms with Gasteiger partial charge in [-0.2, -0.15) is 0 Å². The molecule has 104 valence electrons. The molecule has 0 atom stereocenters. The van der Waals surface area contributed by atoms with Crippen LogP contribution in [0.4, 0.5) is 0 Å². The van der Waals surface area contributed by atoms with Gasteiger partial charge in [-0.15, -0.1) is 6.42 Å². The lowest BCUT2D eigenvalue weighted by molar-refractivity contribution is 0.607. The van der Waals surface area contributed by atoms with E-state index in [4.69, 9.17) is 6.42 Å². The van der Waals surface area contributed by atoms with Crippen LogP contribution in [-0.4, -0.2) is 0 Å². The zero-order chi connectivity index (χ0) is 14.2. The molecule has 2 rings (SSSR count). The first kappa shape index (κ1) is 14.7. The molecule has 20 heavy (non-hydrogen) atoms. The van der Waals surface area contributed by atoms with Gasteiger partial charge in [0.1, 0.15) is 0 Å². The van der Waals surface area contributed by atoms with E-state index >= 15 is 0 Å². The predicted molar refractivity (Wildman–Crippen MR) is 88.1 cm³/mol. The Kier molecular flexibility index (Phi) is 5.69. The van der Waals surface area contributed by atoms with Crippen molar-refractivity contribution in [3.8, 4) is 23.5 Å². The molecule has 2 aliphatic rings. The molecule has 0 nitrogen and oxygen atoms in total. The lowest BCUT2D eigenvalue weighted by atomic mass is 10.1. The van der Waals surface area contributed by atoms with Crippen molar-refractivity contribution in [3.05, 3.63) is 47.5 Å². The highest BCUT2D eigenvalue weighted by molar-refractivity contribution is 5.70. The molecule has 0 amide bonds. The molecule has 0 saturated carbocycles. The number of hydrogen-bond acceptors (Lipinski definition) is 0. The Morgan fingerprint density at radius 1 is 0.850 bits per heavy atom. The van der Waals surface area contributed by atoms with Gasteiger partial charge in [-0.05, 0) is 41.7 Å². The van der Waals surface area contributed by atoms with Gasteiger partial charge in [0.2, 0.25) is 0 Å². The van der Waals surface area contributed by atoms with Gasteiger partial charge >= 0.3 is 0 Å². The first-order valence-corrected chi connectivity index (χ1v) is 7.83. The predicted octanol–water partition coefficient (Wildman–Crippen LogP) is 5.68. The SMILES string of the molecule is C#Cc1cc2ccc(CCCCCCCC)ccc-2c1. The molecule has 0 spiro atoms. The number of rotatable bonds is 7. The maximum absolute atomic E-state index is 5.44. The number of fused-ring (bicyclic) bond motifs is 1. The summed E-state index contributed by atoms with van der Waals surface area (Å²) in [5.41, 5.74) is 4.89. The van der Waals surface area contributed by atoms with E-state index in [9.17, 15) is 0 Å². The van der Waals surface area contributed by atoms with Gasteiger partial charge in [-0.3, -0.25) is 0 Å². The van der Waals surface area contributed by atoms with Gasteiger partial charge < -0.3 is 0 Å². The van der Waals surface area contributed by atoms with E-state index in [1.54, 1.807) is 0 Å². The molecule has 0 heterocycles. The Morgan fingerprint density at radius 3 is 2.05 bits per heavy atom. The molecule has 0 aliphatic heterocycles. The van der Waals surface area contributed by atoms with Gasteiger partial charge in [0, 0.05) is 5.56 Å². The first-order chi connectivity index (χ1) is 9.83. The summed E-state index contributed by atoms with van der Waals surface area (Å²) < 4.78 is 0. The lowest BCUT2D eigenvalue weighted by Gasteiger charge is -2.00. The number of hydrogen-bond donors (Lipinski definition) is 0. The number of aryl methyl sites for hydroxylation is 1. The van der Waals surface area contributed by atoms with Crippen LogP contribution in [0, 0.1) is 12.3 Å². The van der Waals surface area contributed by atoms with Crippen LogP contribution in [0.1, 0.15) is 56.6 Å². The number of unbranched alkanes of at least 4 members (excludes halogenated alkanes) is 5. The van der Waals surface area contributed by atoms with Gasteiger partial charge in [0.25, 0.3) is 0 Å². The van der Waals surface area contributed by atoms with Crippen molar-refractivity contribution < 1.29 is 0 Å². The molecule has 0 radical (unpaired) electrons. The Labute approximate surface area is 123 Å². The monoisotopic (exact) mass is 264 g/mol. The second-order valence-corrected chi connectivity index (χ2v) is 5.56. The molecule has 0 aromatic heterocycles. The molecule has 0 N–H and O–H groups in total. The van der Waals surface area contributed by atoms with Crippen LogP contribution in [0.2, 0.25) is 0 Å². The minimum absolute atomic E-state index is 0.976. The summed E-state index contributed by atoms with van der Waals surface area (Å²) in [6, 6.07) is 13.1. The molecular weight excluding hydrogens is 240 g/mol.